The van der Waals surface area contributed by atoms with Crippen LogP contribution in [0.1, 0.15) is 39.3 Å². The molecular formula is C15H26N2O2S. The van der Waals surface area contributed by atoms with Gasteiger partial charge in [0.25, 0.3) is 0 Å². The van der Waals surface area contributed by atoms with E-state index in [0.29, 0.717) is 11.4 Å². The normalized spacial score (nSPS) is 14.6. The molecule has 0 saturated carbocycles. The van der Waals surface area contributed by atoms with Gasteiger partial charge in [0.2, 0.25) is 10.0 Å². The van der Waals surface area contributed by atoms with Gasteiger partial charge in [-0.2, -0.15) is 0 Å². The van der Waals surface area contributed by atoms with Gasteiger partial charge in [0.05, 0.1) is 4.90 Å². The van der Waals surface area contributed by atoms with Crippen LogP contribution in [0.5, 0.6) is 0 Å². The zero-order valence-corrected chi connectivity index (χ0v) is 14.1. The molecule has 1 N–H and O–H groups in total. The third-order valence-corrected chi connectivity index (χ3v) is 5.00. The second kappa shape index (κ2) is 6.24. The summed E-state index contributed by atoms with van der Waals surface area (Å²) in [5, 5.41) is 3.12. The van der Waals surface area contributed by atoms with Crippen LogP contribution in [0, 0.1) is 5.41 Å². The first-order chi connectivity index (χ1) is 9.08. The van der Waals surface area contributed by atoms with Gasteiger partial charge in [-0.05, 0) is 37.1 Å². The Morgan fingerprint density at radius 1 is 1.30 bits per heavy atom. The molecule has 0 amide bonds. The number of nitrogens with zero attached hydrogens (tertiary/aromatic N) is 1. The lowest BCUT2D eigenvalue weighted by molar-refractivity contribution is 0.311. The third-order valence-electron chi connectivity index (χ3n) is 3.20. The van der Waals surface area contributed by atoms with Crippen LogP contribution in [0.2, 0.25) is 0 Å². The summed E-state index contributed by atoms with van der Waals surface area (Å²) in [5.74, 6) is 0. The van der Waals surface area contributed by atoms with Crippen LogP contribution in [-0.4, -0.2) is 33.4 Å². The molecule has 0 fully saturated rings. The zero-order valence-electron chi connectivity index (χ0n) is 13.3. The van der Waals surface area contributed by atoms with Gasteiger partial charge in [-0.3, -0.25) is 0 Å². The van der Waals surface area contributed by atoms with Crippen molar-refractivity contribution in [3.63, 3.8) is 0 Å². The number of benzene rings is 1. The van der Waals surface area contributed by atoms with E-state index in [-0.39, 0.29) is 11.5 Å². The smallest absolute Gasteiger partial charge is 0.242 e. The minimum Gasteiger partial charge on any atom is -0.313 e. The van der Waals surface area contributed by atoms with E-state index in [0.717, 1.165) is 5.56 Å². The molecule has 1 rings (SSSR count). The van der Waals surface area contributed by atoms with E-state index in [4.69, 9.17) is 0 Å². The topological polar surface area (TPSA) is 49.4 Å². The van der Waals surface area contributed by atoms with E-state index >= 15 is 0 Å². The first kappa shape index (κ1) is 17.1. The Morgan fingerprint density at radius 2 is 1.90 bits per heavy atom. The summed E-state index contributed by atoms with van der Waals surface area (Å²) >= 11 is 0. The Labute approximate surface area is 123 Å². The van der Waals surface area contributed by atoms with Crippen molar-refractivity contribution in [1.29, 1.82) is 0 Å². The van der Waals surface area contributed by atoms with Gasteiger partial charge in [-0.15, -0.1) is 0 Å². The Morgan fingerprint density at radius 3 is 2.40 bits per heavy atom. The maximum atomic E-state index is 12.6. The third kappa shape index (κ3) is 4.30. The number of hydrogen-bond acceptors (Lipinski definition) is 3. The molecule has 1 atom stereocenters. The molecule has 0 radical (unpaired) electrons. The van der Waals surface area contributed by atoms with Crippen LogP contribution >= 0.6 is 0 Å². The van der Waals surface area contributed by atoms with Crippen LogP contribution in [0.15, 0.2) is 29.2 Å². The molecule has 0 aromatic heterocycles. The van der Waals surface area contributed by atoms with Crippen LogP contribution in [0.4, 0.5) is 0 Å². The summed E-state index contributed by atoms with van der Waals surface area (Å²) in [7, 11) is 0.0615. The lowest BCUT2D eigenvalue weighted by Crippen LogP contribution is -2.34. The lowest BCUT2D eigenvalue weighted by atomic mass is 9.97. The maximum absolute atomic E-state index is 12.6. The number of hydrogen-bond donors (Lipinski definition) is 1. The SMILES string of the molecule is CNC(C)c1cccc(S(=O)(=O)N(C)CC(C)(C)C)c1. The summed E-state index contributed by atoms with van der Waals surface area (Å²) in [6, 6.07) is 7.25. The van der Waals surface area contributed by atoms with Gasteiger partial charge >= 0.3 is 0 Å². The van der Waals surface area contributed by atoms with Crippen molar-refractivity contribution in [3.8, 4) is 0 Å². The average Bonchev–Trinajstić information content (AvgIpc) is 2.36. The molecule has 1 aromatic carbocycles. The van der Waals surface area contributed by atoms with Crippen LogP contribution in [0.3, 0.4) is 0 Å². The fourth-order valence-electron chi connectivity index (χ4n) is 2.04. The summed E-state index contributed by atoms with van der Waals surface area (Å²) in [5.41, 5.74) is 0.898. The van der Waals surface area contributed by atoms with E-state index in [9.17, 15) is 8.42 Å². The van der Waals surface area contributed by atoms with Crippen molar-refractivity contribution in [2.45, 2.75) is 38.6 Å². The number of nitrogens with one attached hydrogen (secondary N) is 1. The highest BCUT2D eigenvalue weighted by molar-refractivity contribution is 7.89. The van der Waals surface area contributed by atoms with Gasteiger partial charge < -0.3 is 5.32 Å². The number of rotatable bonds is 5. The molecule has 4 nitrogen and oxygen atoms in total. The molecule has 0 saturated heterocycles. The van der Waals surface area contributed by atoms with Crippen LogP contribution in [0.25, 0.3) is 0 Å². The minimum absolute atomic E-state index is 0.0717. The second-order valence-corrected chi connectivity index (χ2v) is 8.45. The van der Waals surface area contributed by atoms with Gasteiger partial charge in [-0.25, -0.2) is 12.7 Å². The Hall–Kier alpha value is -0.910. The van der Waals surface area contributed by atoms with Crippen molar-refractivity contribution in [2.75, 3.05) is 20.6 Å². The molecule has 0 bridgehead atoms. The van der Waals surface area contributed by atoms with Crippen molar-refractivity contribution in [2.24, 2.45) is 5.41 Å². The van der Waals surface area contributed by atoms with Crippen molar-refractivity contribution in [3.05, 3.63) is 29.8 Å². The molecule has 5 heteroatoms. The highest BCUT2D eigenvalue weighted by atomic mass is 32.2. The standard InChI is InChI=1S/C15H26N2O2S/c1-12(16-5)13-8-7-9-14(10-13)20(18,19)17(6)11-15(2,3)4/h7-10,12,16H,11H2,1-6H3. The molecular weight excluding hydrogens is 272 g/mol. The predicted octanol–water partition coefficient (Wildman–Crippen LogP) is 2.63. The monoisotopic (exact) mass is 298 g/mol. The summed E-state index contributed by atoms with van der Waals surface area (Å²) in [6.07, 6.45) is 0. The fraction of sp³-hybridized carbons (Fsp3) is 0.600. The minimum atomic E-state index is -3.43. The first-order valence-electron chi connectivity index (χ1n) is 6.81. The lowest BCUT2D eigenvalue weighted by Gasteiger charge is -2.26. The largest absolute Gasteiger partial charge is 0.313 e. The molecule has 1 unspecified atom stereocenters. The number of sulfonamides is 1. The quantitative estimate of drug-likeness (QED) is 0.909. The molecule has 0 heterocycles. The van der Waals surface area contributed by atoms with Gasteiger partial charge in [0.15, 0.2) is 0 Å². The Bertz CT molecular complexity index is 547. The maximum Gasteiger partial charge on any atom is 0.242 e. The molecule has 20 heavy (non-hydrogen) atoms. The average molecular weight is 298 g/mol. The van der Waals surface area contributed by atoms with E-state index in [1.54, 1.807) is 25.2 Å². The van der Waals surface area contributed by atoms with Crippen LogP contribution in [-0.2, 0) is 10.0 Å². The van der Waals surface area contributed by atoms with Gasteiger partial charge in [-0.1, -0.05) is 32.9 Å². The molecule has 114 valence electrons. The Kier molecular flexibility index (Phi) is 5.35. The summed E-state index contributed by atoms with van der Waals surface area (Å²) in [6.45, 7) is 8.57. The Balaban J connectivity index is 3.10. The van der Waals surface area contributed by atoms with E-state index in [2.05, 4.69) is 5.32 Å². The summed E-state index contributed by atoms with van der Waals surface area (Å²) in [4.78, 5) is 0.351. The molecule has 0 aliphatic heterocycles. The molecule has 0 aliphatic rings. The van der Waals surface area contributed by atoms with E-state index in [1.807, 2.05) is 40.8 Å². The van der Waals surface area contributed by atoms with E-state index < -0.39 is 10.0 Å². The summed E-state index contributed by atoms with van der Waals surface area (Å²) < 4.78 is 26.6. The second-order valence-electron chi connectivity index (χ2n) is 6.40. The highest BCUT2D eigenvalue weighted by Crippen LogP contribution is 2.23. The molecule has 0 spiro atoms. The highest BCUT2D eigenvalue weighted by Gasteiger charge is 2.25. The van der Waals surface area contributed by atoms with Crippen molar-refractivity contribution >= 4 is 10.0 Å². The van der Waals surface area contributed by atoms with Crippen molar-refractivity contribution < 1.29 is 8.42 Å². The zero-order chi connectivity index (χ0) is 15.6. The molecule has 1 aromatic rings. The first-order valence-corrected chi connectivity index (χ1v) is 8.25. The fourth-order valence-corrected chi connectivity index (χ4v) is 3.50. The van der Waals surface area contributed by atoms with Crippen LogP contribution < -0.4 is 5.32 Å². The molecule has 0 aliphatic carbocycles. The van der Waals surface area contributed by atoms with Crippen molar-refractivity contribution in [1.82, 2.24) is 9.62 Å². The predicted molar refractivity (Wildman–Crippen MR) is 83.2 cm³/mol. The van der Waals surface area contributed by atoms with E-state index in [1.165, 1.54) is 4.31 Å². The van der Waals surface area contributed by atoms with Gasteiger partial charge in [0.1, 0.15) is 0 Å². The van der Waals surface area contributed by atoms with Gasteiger partial charge in [0, 0.05) is 19.6 Å².